The number of rotatable bonds is 6. The van der Waals surface area contributed by atoms with Crippen LogP contribution < -0.4 is 15.1 Å². The van der Waals surface area contributed by atoms with E-state index in [0.717, 1.165) is 35.7 Å². The Morgan fingerprint density at radius 1 is 1.07 bits per heavy atom. The number of amides is 1. The molecule has 0 radical (unpaired) electrons. The van der Waals surface area contributed by atoms with E-state index in [9.17, 15) is 4.79 Å². The van der Waals surface area contributed by atoms with Crippen LogP contribution in [0, 0.1) is 0 Å². The number of aromatic nitrogens is 1. The highest BCUT2D eigenvalue weighted by molar-refractivity contribution is 5.91. The fraction of sp³-hybridized carbons (Fsp3) is 0.391. The minimum Gasteiger partial charge on any atom is -0.378 e. The average molecular weight is 379 g/mol. The maximum absolute atomic E-state index is 12.1. The summed E-state index contributed by atoms with van der Waals surface area (Å²) in [6.07, 6.45) is 10.4. The molecule has 0 unspecified atom stereocenters. The van der Waals surface area contributed by atoms with Crippen molar-refractivity contribution < 1.29 is 4.79 Å². The van der Waals surface area contributed by atoms with Crippen molar-refractivity contribution in [3.05, 3.63) is 59.8 Å². The zero-order valence-electron chi connectivity index (χ0n) is 16.9. The number of hydrogen-bond acceptors (Lipinski definition) is 4. The topological polar surface area (TPSA) is 48.5 Å². The van der Waals surface area contributed by atoms with Gasteiger partial charge in [-0.05, 0) is 48.2 Å². The molecule has 1 aliphatic heterocycles. The third-order valence-electron chi connectivity index (χ3n) is 5.04. The second kappa shape index (κ2) is 9.93. The highest BCUT2D eigenvalue weighted by Crippen LogP contribution is 2.17. The zero-order valence-corrected chi connectivity index (χ0v) is 16.9. The van der Waals surface area contributed by atoms with Gasteiger partial charge >= 0.3 is 0 Å². The van der Waals surface area contributed by atoms with Crippen LogP contribution in [0.4, 0.5) is 11.5 Å². The maximum Gasteiger partial charge on any atom is 0.244 e. The van der Waals surface area contributed by atoms with Crippen LogP contribution in [0.25, 0.3) is 6.08 Å². The average Bonchev–Trinajstić information content (AvgIpc) is 3.01. The van der Waals surface area contributed by atoms with Crippen molar-refractivity contribution in [3.8, 4) is 0 Å². The summed E-state index contributed by atoms with van der Waals surface area (Å²) in [5.41, 5.74) is 3.15. The highest BCUT2D eigenvalue weighted by atomic mass is 16.1. The molecular weight excluding hydrogens is 348 g/mol. The number of pyridine rings is 1. The van der Waals surface area contributed by atoms with Gasteiger partial charge in [-0.2, -0.15) is 0 Å². The maximum atomic E-state index is 12.1. The molecule has 1 amide bonds. The molecule has 2 heterocycles. The van der Waals surface area contributed by atoms with Crippen molar-refractivity contribution in [2.45, 2.75) is 32.2 Å². The summed E-state index contributed by atoms with van der Waals surface area (Å²) in [5, 5.41) is 2.92. The Hall–Kier alpha value is -2.82. The van der Waals surface area contributed by atoms with Gasteiger partial charge in [0.25, 0.3) is 0 Å². The van der Waals surface area contributed by atoms with E-state index in [1.807, 2.05) is 55.5 Å². The fourth-order valence-electron chi connectivity index (χ4n) is 3.31. The second-order valence-corrected chi connectivity index (χ2v) is 7.46. The van der Waals surface area contributed by atoms with Crippen molar-refractivity contribution in [2.24, 2.45) is 0 Å². The molecule has 1 aromatic carbocycles. The molecule has 1 aromatic heterocycles. The second-order valence-electron chi connectivity index (χ2n) is 7.46. The van der Waals surface area contributed by atoms with E-state index in [1.54, 1.807) is 6.08 Å². The van der Waals surface area contributed by atoms with E-state index in [4.69, 9.17) is 0 Å². The Bertz CT molecular complexity index is 773. The minimum absolute atomic E-state index is 0.103. The molecule has 0 saturated carbocycles. The Morgan fingerprint density at radius 3 is 2.39 bits per heavy atom. The molecule has 5 nitrogen and oxygen atoms in total. The molecule has 148 valence electrons. The molecular formula is C23H30N4O. The monoisotopic (exact) mass is 378 g/mol. The van der Waals surface area contributed by atoms with Crippen molar-refractivity contribution in [1.82, 2.24) is 10.3 Å². The minimum atomic E-state index is -0.103. The van der Waals surface area contributed by atoms with Crippen LogP contribution in [0.2, 0.25) is 0 Å². The summed E-state index contributed by atoms with van der Waals surface area (Å²) in [6.45, 7) is 2.66. The lowest BCUT2D eigenvalue weighted by Gasteiger charge is -2.21. The van der Waals surface area contributed by atoms with Crippen LogP contribution in [-0.2, 0) is 11.3 Å². The van der Waals surface area contributed by atoms with Gasteiger partial charge < -0.3 is 15.1 Å². The summed E-state index contributed by atoms with van der Waals surface area (Å²) in [4.78, 5) is 21.1. The van der Waals surface area contributed by atoms with Crippen molar-refractivity contribution in [3.63, 3.8) is 0 Å². The Morgan fingerprint density at radius 2 is 1.79 bits per heavy atom. The van der Waals surface area contributed by atoms with Crippen LogP contribution >= 0.6 is 0 Å². The molecule has 1 fully saturated rings. The van der Waals surface area contributed by atoms with Gasteiger partial charge in [0.15, 0.2) is 0 Å². The smallest absolute Gasteiger partial charge is 0.244 e. The molecule has 5 heteroatoms. The number of nitrogens with one attached hydrogen (secondary N) is 1. The van der Waals surface area contributed by atoms with E-state index in [1.165, 1.54) is 25.7 Å². The molecule has 1 saturated heterocycles. The van der Waals surface area contributed by atoms with Crippen molar-refractivity contribution in [1.29, 1.82) is 0 Å². The molecule has 0 aliphatic carbocycles. The fourth-order valence-corrected chi connectivity index (χ4v) is 3.31. The van der Waals surface area contributed by atoms with Gasteiger partial charge in [-0.3, -0.25) is 4.79 Å². The quantitative estimate of drug-likeness (QED) is 0.776. The first-order chi connectivity index (χ1) is 13.6. The predicted octanol–water partition coefficient (Wildman–Crippen LogP) is 3.86. The number of benzene rings is 1. The molecule has 28 heavy (non-hydrogen) atoms. The lowest BCUT2D eigenvalue weighted by atomic mass is 10.2. The van der Waals surface area contributed by atoms with Gasteiger partial charge in [0.2, 0.25) is 5.91 Å². The van der Waals surface area contributed by atoms with Gasteiger partial charge in [0.1, 0.15) is 5.82 Å². The lowest BCUT2D eigenvalue weighted by Crippen LogP contribution is -2.25. The van der Waals surface area contributed by atoms with Gasteiger partial charge in [0.05, 0.1) is 0 Å². The van der Waals surface area contributed by atoms with Gasteiger partial charge in [-0.25, -0.2) is 4.98 Å². The highest BCUT2D eigenvalue weighted by Gasteiger charge is 2.10. The Balaban J connectivity index is 1.48. The van der Waals surface area contributed by atoms with E-state index >= 15 is 0 Å². The normalized spacial score (nSPS) is 14.7. The van der Waals surface area contributed by atoms with E-state index < -0.39 is 0 Å². The van der Waals surface area contributed by atoms with Gasteiger partial charge in [0, 0.05) is 51.7 Å². The number of anilines is 2. The summed E-state index contributed by atoms with van der Waals surface area (Å²) in [5.74, 6) is 0.936. The van der Waals surface area contributed by atoms with Crippen LogP contribution in [0.15, 0.2) is 48.7 Å². The third-order valence-corrected chi connectivity index (χ3v) is 5.04. The van der Waals surface area contributed by atoms with Gasteiger partial charge in [-0.1, -0.05) is 31.0 Å². The van der Waals surface area contributed by atoms with E-state index in [-0.39, 0.29) is 5.91 Å². The standard InChI is InChI=1S/C23H30N4O/c1-26(2)21-11-7-19(8-12-21)10-14-23(28)25-18-20-9-13-22(24-17-20)27-15-5-3-4-6-16-27/h7-14,17H,3-6,15-16,18H2,1-2H3,(H,25,28)/b14-10-. The van der Waals surface area contributed by atoms with Crippen LogP contribution in [0.1, 0.15) is 36.8 Å². The molecule has 0 spiro atoms. The zero-order chi connectivity index (χ0) is 19.8. The van der Waals surface area contributed by atoms with Crippen molar-refractivity contribution in [2.75, 3.05) is 37.0 Å². The van der Waals surface area contributed by atoms with Crippen LogP contribution in [0.5, 0.6) is 0 Å². The van der Waals surface area contributed by atoms with E-state index in [2.05, 4.69) is 27.3 Å². The summed E-state index contributed by atoms with van der Waals surface area (Å²) >= 11 is 0. The first-order valence-corrected chi connectivity index (χ1v) is 10.0. The predicted molar refractivity (Wildman–Crippen MR) is 117 cm³/mol. The number of carbonyl (C=O) groups excluding carboxylic acids is 1. The largest absolute Gasteiger partial charge is 0.378 e. The molecule has 3 rings (SSSR count). The van der Waals surface area contributed by atoms with Gasteiger partial charge in [-0.15, -0.1) is 0 Å². The summed E-state index contributed by atoms with van der Waals surface area (Å²) < 4.78 is 0. The van der Waals surface area contributed by atoms with Crippen LogP contribution in [0.3, 0.4) is 0 Å². The first kappa shape index (κ1) is 19.9. The molecule has 0 bridgehead atoms. The van der Waals surface area contributed by atoms with Crippen LogP contribution in [-0.4, -0.2) is 38.1 Å². The molecule has 1 N–H and O–H groups in total. The Labute approximate surface area is 168 Å². The SMILES string of the molecule is CN(C)c1ccc(/C=C\C(=O)NCc2ccc(N3CCCCCC3)nc2)cc1. The first-order valence-electron chi connectivity index (χ1n) is 10.0. The lowest BCUT2D eigenvalue weighted by molar-refractivity contribution is -0.116. The summed E-state index contributed by atoms with van der Waals surface area (Å²) in [6, 6.07) is 12.2. The molecule has 1 aliphatic rings. The molecule has 2 aromatic rings. The Kier molecular flexibility index (Phi) is 7.06. The third kappa shape index (κ3) is 5.84. The summed E-state index contributed by atoms with van der Waals surface area (Å²) in [7, 11) is 4.02. The van der Waals surface area contributed by atoms with E-state index in [0.29, 0.717) is 6.54 Å². The molecule has 0 atom stereocenters. The number of hydrogen-bond donors (Lipinski definition) is 1. The van der Waals surface area contributed by atoms with Crippen molar-refractivity contribution >= 4 is 23.5 Å². The number of carbonyl (C=O) groups is 1. The number of nitrogens with zero attached hydrogens (tertiary/aromatic N) is 3.